The molecule has 3 rings (SSSR count). The monoisotopic (exact) mass is 314 g/mol. The fourth-order valence-corrected chi connectivity index (χ4v) is 3.41. The van der Waals surface area contributed by atoms with E-state index < -0.39 is 0 Å². The van der Waals surface area contributed by atoms with Gasteiger partial charge in [0.2, 0.25) is 0 Å². The van der Waals surface area contributed by atoms with Crippen LogP contribution in [-0.2, 0) is 7.05 Å². The Labute approximate surface area is 137 Å². The predicted octanol–water partition coefficient (Wildman–Crippen LogP) is 3.19. The number of pyridine rings is 1. The molecule has 0 spiro atoms. The molecule has 1 aliphatic rings. The first-order valence-electron chi connectivity index (χ1n) is 7.81. The van der Waals surface area contributed by atoms with Crippen LogP contribution in [0.4, 0.5) is 0 Å². The third-order valence-corrected chi connectivity index (χ3v) is 4.59. The lowest BCUT2D eigenvalue weighted by Gasteiger charge is -2.28. The molecule has 2 atom stereocenters. The van der Waals surface area contributed by atoms with Crippen molar-refractivity contribution in [2.75, 3.05) is 6.54 Å². The van der Waals surface area contributed by atoms with Crippen LogP contribution in [0, 0.1) is 0 Å². The van der Waals surface area contributed by atoms with Crippen LogP contribution in [0.15, 0.2) is 42.7 Å². The van der Waals surface area contributed by atoms with Gasteiger partial charge in [-0.3, -0.25) is 4.98 Å². The molecule has 22 heavy (non-hydrogen) atoms. The summed E-state index contributed by atoms with van der Waals surface area (Å²) in [5.41, 5.74) is 2.30. The highest BCUT2D eigenvalue weighted by molar-refractivity contribution is 7.80. The van der Waals surface area contributed by atoms with E-state index in [2.05, 4.69) is 58.1 Å². The average molecular weight is 314 g/mol. The quantitative estimate of drug-likeness (QED) is 0.859. The minimum Gasteiger partial charge on any atom is -0.353 e. The van der Waals surface area contributed by atoms with Gasteiger partial charge in [0, 0.05) is 31.7 Å². The molecular weight excluding hydrogens is 292 g/mol. The van der Waals surface area contributed by atoms with E-state index in [0.29, 0.717) is 0 Å². The van der Waals surface area contributed by atoms with Crippen molar-refractivity contribution in [2.45, 2.75) is 31.8 Å². The lowest BCUT2D eigenvalue weighted by Crippen LogP contribution is -2.31. The SMILES string of the molecule is CCCCN1C(=S)N[C@@H](c2ccccn2)[C@H]1c1cccn1C. The van der Waals surface area contributed by atoms with E-state index in [-0.39, 0.29) is 12.1 Å². The molecule has 0 radical (unpaired) electrons. The molecule has 0 aliphatic carbocycles. The molecule has 116 valence electrons. The molecule has 0 unspecified atom stereocenters. The minimum absolute atomic E-state index is 0.0964. The van der Waals surface area contributed by atoms with Crippen LogP contribution in [0.1, 0.15) is 43.2 Å². The topological polar surface area (TPSA) is 33.1 Å². The van der Waals surface area contributed by atoms with E-state index in [1.165, 1.54) is 5.69 Å². The van der Waals surface area contributed by atoms with E-state index >= 15 is 0 Å². The normalized spacial score (nSPS) is 21.2. The summed E-state index contributed by atoms with van der Waals surface area (Å²) >= 11 is 5.60. The molecule has 1 N–H and O–H groups in total. The van der Waals surface area contributed by atoms with Gasteiger partial charge in [-0.2, -0.15) is 0 Å². The van der Waals surface area contributed by atoms with Crippen molar-refractivity contribution < 1.29 is 0 Å². The molecule has 2 aromatic heterocycles. The van der Waals surface area contributed by atoms with Crippen molar-refractivity contribution in [2.24, 2.45) is 7.05 Å². The van der Waals surface area contributed by atoms with Crippen LogP contribution in [-0.4, -0.2) is 26.1 Å². The Balaban J connectivity index is 1.99. The van der Waals surface area contributed by atoms with Crippen molar-refractivity contribution in [3.8, 4) is 0 Å². The van der Waals surface area contributed by atoms with Crippen LogP contribution in [0.2, 0.25) is 0 Å². The lowest BCUT2D eigenvalue weighted by atomic mass is 10.0. The third-order valence-electron chi connectivity index (χ3n) is 4.24. The smallest absolute Gasteiger partial charge is 0.170 e. The molecule has 0 saturated carbocycles. The number of rotatable bonds is 5. The number of nitrogens with zero attached hydrogens (tertiary/aromatic N) is 3. The molecule has 5 heteroatoms. The van der Waals surface area contributed by atoms with E-state index in [0.717, 1.165) is 30.2 Å². The Kier molecular flexibility index (Phi) is 4.43. The Bertz CT molecular complexity index is 637. The Morgan fingerprint density at radius 1 is 1.27 bits per heavy atom. The molecule has 0 amide bonds. The van der Waals surface area contributed by atoms with E-state index in [1.807, 2.05) is 18.3 Å². The van der Waals surface area contributed by atoms with Gasteiger partial charge < -0.3 is 14.8 Å². The highest BCUT2D eigenvalue weighted by Crippen LogP contribution is 2.38. The second kappa shape index (κ2) is 6.48. The van der Waals surface area contributed by atoms with Crippen molar-refractivity contribution in [1.82, 2.24) is 19.8 Å². The zero-order chi connectivity index (χ0) is 15.5. The summed E-state index contributed by atoms with van der Waals surface area (Å²) in [6.07, 6.45) is 6.23. The molecular formula is C17H22N4S. The largest absolute Gasteiger partial charge is 0.353 e. The second-order valence-corrected chi connectivity index (χ2v) is 6.10. The van der Waals surface area contributed by atoms with Crippen molar-refractivity contribution in [3.63, 3.8) is 0 Å². The number of aryl methyl sites for hydroxylation is 1. The Morgan fingerprint density at radius 3 is 2.77 bits per heavy atom. The van der Waals surface area contributed by atoms with E-state index in [1.54, 1.807) is 0 Å². The summed E-state index contributed by atoms with van der Waals surface area (Å²) in [4.78, 5) is 6.85. The van der Waals surface area contributed by atoms with Gasteiger partial charge in [0.1, 0.15) is 0 Å². The molecule has 3 heterocycles. The zero-order valence-corrected chi connectivity index (χ0v) is 13.9. The minimum atomic E-state index is 0.0964. The number of thiocarbonyl (C=S) groups is 1. The first-order chi connectivity index (χ1) is 10.7. The molecule has 1 fully saturated rings. The van der Waals surface area contributed by atoms with Gasteiger partial charge >= 0.3 is 0 Å². The number of aromatic nitrogens is 2. The summed E-state index contributed by atoms with van der Waals surface area (Å²) < 4.78 is 2.18. The highest BCUT2D eigenvalue weighted by atomic mass is 32.1. The van der Waals surface area contributed by atoms with Gasteiger partial charge in [0.05, 0.1) is 17.8 Å². The summed E-state index contributed by atoms with van der Waals surface area (Å²) in [5.74, 6) is 0. The van der Waals surface area contributed by atoms with Gasteiger partial charge in [-0.25, -0.2) is 0 Å². The summed E-state index contributed by atoms with van der Waals surface area (Å²) in [7, 11) is 2.09. The average Bonchev–Trinajstić information content (AvgIpc) is 3.09. The van der Waals surface area contributed by atoms with Crippen LogP contribution in [0.3, 0.4) is 0 Å². The third kappa shape index (κ3) is 2.73. The maximum absolute atomic E-state index is 5.60. The predicted molar refractivity (Wildman–Crippen MR) is 92.5 cm³/mol. The number of hydrogen-bond acceptors (Lipinski definition) is 2. The molecule has 0 aromatic carbocycles. The molecule has 4 nitrogen and oxygen atoms in total. The maximum Gasteiger partial charge on any atom is 0.170 e. The Morgan fingerprint density at radius 2 is 2.14 bits per heavy atom. The highest BCUT2D eigenvalue weighted by Gasteiger charge is 2.40. The second-order valence-electron chi connectivity index (χ2n) is 5.72. The fourth-order valence-electron chi connectivity index (χ4n) is 3.08. The summed E-state index contributed by atoms with van der Waals surface area (Å²) in [6.45, 7) is 3.18. The lowest BCUT2D eigenvalue weighted by molar-refractivity contribution is 0.302. The van der Waals surface area contributed by atoms with Crippen LogP contribution < -0.4 is 5.32 Å². The first-order valence-corrected chi connectivity index (χ1v) is 8.22. The van der Waals surface area contributed by atoms with E-state index in [9.17, 15) is 0 Å². The molecule has 1 aliphatic heterocycles. The standard InChI is InChI=1S/C17H22N4S/c1-3-4-12-21-16(14-9-7-11-20(14)2)15(19-17(21)22)13-8-5-6-10-18-13/h5-11,15-16H,3-4,12H2,1-2H3,(H,19,22)/t15-,16+/m0/s1. The number of hydrogen-bond donors (Lipinski definition) is 1. The molecule has 2 aromatic rings. The van der Waals surface area contributed by atoms with Gasteiger partial charge in [0.15, 0.2) is 5.11 Å². The van der Waals surface area contributed by atoms with Gasteiger partial charge in [0.25, 0.3) is 0 Å². The fraction of sp³-hybridized carbons (Fsp3) is 0.412. The molecule has 0 bridgehead atoms. The summed E-state index contributed by atoms with van der Waals surface area (Å²) in [6, 6.07) is 10.6. The Hall–Kier alpha value is -1.88. The molecule has 1 saturated heterocycles. The van der Waals surface area contributed by atoms with Gasteiger partial charge in [-0.15, -0.1) is 0 Å². The van der Waals surface area contributed by atoms with Crippen molar-refractivity contribution >= 4 is 17.3 Å². The maximum atomic E-state index is 5.60. The zero-order valence-electron chi connectivity index (χ0n) is 13.1. The van der Waals surface area contributed by atoms with E-state index in [4.69, 9.17) is 12.2 Å². The van der Waals surface area contributed by atoms with Gasteiger partial charge in [-0.05, 0) is 42.9 Å². The number of unbranched alkanes of at least 4 members (excludes halogenated alkanes) is 1. The van der Waals surface area contributed by atoms with Crippen LogP contribution in [0.5, 0.6) is 0 Å². The van der Waals surface area contributed by atoms with Crippen molar-refractivity contribution in [1.29, 1.82) is 0 Å². The van der Waals surface area contributed by atoms with Crippen LogP contribution in [0.25, 0.3) is 0 Å². The van der Waals surface area contributed by atoms with Crippen molar-refractivity contribution in [3.05, 3.63) is 54.1 Å². The summed E-state index contributed by atoms with van der Waals surface area (Å²) in [5, 5.41) is 4.31. The van der Waals surface area contributed by atoms with Gasteiger partial charge in [-0.1, -0.05) is 19.4 Å². The first kappa shape index (κ1) is 15.0. The number of nitrogens with one attached hydrogen (secondary N) is 1. The van der Waals surface area contributed by atoms with Crippen LogP contribution >= 0.6 is 12.2 Å².